The topological polar surface area (TPSA) is 39.9 Å². The van der Waals surface area contributed by atoms with Gasteiger partial charge in [-0.15, -0.1) is 0 Å². The normalized spacial score (nSPS) is 16.1. The van der Waals surface area contributed by atoms with Crippen molar-refractivity contribution in [2.24, 2.45) is 5.41 Å². The molecule has 0 unspecified atom stereocenters. The van der Waals surface area contributed by atoms with Crippen molar-refractivity contribution in [1.29, 1.82) is 0 Å². The first-order valence-corrected chi connectivity index (χ1v) is 19.5. The van der Waals surface area contributed by atoms with E-state index in [4.69, 9.17) is 14.7 Å². The first kappa shape index (κ1) is 33.6. The third kappa shape index (κ3) is 4.83. The number of benzene rings is 5. The predicted octanol–water partition coefficient (Wildman–Crippen LogP) is 12.7. The number of ether oxygens (including phenoxy) is 1. The maximum absolute atomic E-state index is 6.64. The molecule has 5 aromatic carbocycles. The van der Waals surface area contributed by atoms with Gasteiger partial charge < -0.3 is 4.74 Å². The maximum atomic E-state index is 6.64. The molecule has 1 spiro atoms. The third-order valence-electron chi connectivity index (χ3n) is 13.5. The zero-order valence-corrected chi connectivity index (χ0v) is 32.4. The lowest BCUT2D eigenvalue weighted by Gasteiger charge is -2.48. The van der Waals surface area contributed by atoms with Gasteiger partial charge in [-0.05, 0) is 130 Å². The SMILES string of the molecule is Cc1cccc(C)c1-c1ccc2c(c1)c1ccc(Oc3cccc(-c4cccc5c4CC4(C5)C(C)(C)c5ccccc5C4(C)C)n3)cc1n2-c1ccccn1. The van der Waals surface area contributed by atoms with Crippen LogP contribution in [-0.4, -0.2) is 14.5 Å². The number of pyridine rings is 2. The van der Waals surface area contributed by atoms with Crippen LogP contribution >= 0.6 is 0 Å². The summed E-state index contributed by atoms with van der Waals surface area (Å²) in [5.74, 6) is 2.18. The molecule has 0 aliphatic heterocycles. The number of aryl methyl sites for hydroxylation is 2. The standard InChI is InChI=1S/C51H45N3O/c1-32-14-11-15-33(2)48(32)34-23-26-44-39(28-34)38-25-24-36(29-45(38)54(44)46-21-9-10-27-52-46)55-47-22-13-20-43(53-47)37-17-12-16-35-30-51(31-40(35)37)49(3,4)41-18-7-8-19-42(41)50(51,5)6/h7-29H,30-31H2,1-6H3. The monoisotopic (exact) mass is 715 g/mol. The molecule has 2 aliphatic carbocycles. The summed E-state index contributed by atoms with van der Waals surface area (Å²) in [6.45, 7) is 14.2. The molecule has 10 rings (SSSR count). The van der Waals surface area contributed by atoms with Crippen LogP contribution < -0.4 is 4.74 Å². The van der Waals surface area contributed by atoms with Crippen LogP contribution in [0.2, 0.25) is 0 Å². The van der Waals surface area contributed by atoms with Crippen molar-refractivity contribution in [3.8, 4) is 39.8 Å². The molecule has 55 heavy (non-hydrogen) atoms. The minimum absolute atomic E-state index is 0.0269. The van der Waals surface area contributed by atoms with E-state index in [1.165, 1.54) is 55.5 Å². The van der Waals surface area contributed by atoms with Gasteiger partial charge in [0.05, 0.1) is 16.7 Å². The summed E-state index contributed by atoms with van der Waals surface area (Å²) in [7, 11) is 0. The summed E-state index contributed by atoms with van der Waals surface area (Å²) < 4.78 is 8.88. The van der Waals surface area contributed by atoms with Crippen molar-refractivity contribution in [1.82, 2.24) is 14.5 Å². The second-order valence-electron chi connectivity index (χ2n) is 16.8. The van der Waals surface area contributed by atoms with Gasteiger partial charge in [-0.1, -0.05) is 107 Å². The van der Waals surface area contributed by atoms with Gasteiger partial charge in [0.15, 0.2) is 0 Å². The van der Waals surface area contributed by atoms with Gasteiger partial charge in [0.2, 0.25) is 5.88 Å². The van der Waals surface area contributed by atoms with E-state index in [1.807, 2.05) is 24.4 Å². The highest BCUT2D eigenvalue weighted by molar-refractivity contribution is 6.10. The van der Waals surface area contributed by atoms with E-state index in [9.17, 15) is 0 Å². The molecule has 0 radical (unpaired) electrons. The van der Waals surface area contributed by atoms with Crippen molar-refractivity contribution >= 4 is 21.8 Å². The fourth-order valence-electron chi connectivity index (χ4n) is 10.7. The third-order valence-corrected chi connectivity index (χ3v) is 13.5. The molecule has 0 saturated carbocycles. The van der Waals surface area contributed by atoms with Crippen LogP contribution in [0.25, 0.3) is 50.0 Å². The Hall–Kier alpha value is -6.00. The van der Waals surface area contributed by atoms with Gasteiger partial charge in [-0.2, -0.15) is 0 Å². The minimum atomic E-state index is 0.0269. The Morgan fingerprint density at radius 3 is 2.09 bits per heavy atom. The molecule has 0 fully saturated rings. The quantitative estimate of drug-likeness (QED) is 0.178. The van der Waals surface area contributed by atoms with Crippen LogP contribution in [0.3, 0.4) is 0 Å². The second-order valence-corrected chi connectivity index (χ2v) is 16.8. The lowest BCUT2D eigenvalue weighted by Crippen LogP contribution is -2.48. The summed E-state index contributed by atoms with van der Waals surface area (Å²) in [6, 6.07) is 47.8. The second kappa shape index (κ2) is 12.0. The molecule has 3 heterocycles. The molecule has 3 aromatic heterocycles. The van der Waals surface area contributed by atoms with E-state index in [0.29, 0.717) is 5.88 Å². The largest absolute Gasteiger partial charge is 0.439 e. The summed E-state index contributed by atoms with van der Waals surface area (Å²) in [5, 5.41) is 2.33. The first-order chi connectivity index (χ1) is 26.6. The fraction of sp³-hybridized carbons (Fsp3) is 0.216. The highest BCUT2D eigenvalue weighted by Crippen LogP contribution is 2.67. The summed E-state index contributed by atoms with van der Waals surface area (Å²) in [4.78, 5) is 9.95. The Bertz CT molecular complexity index is 2770. The van der Waals surface area contributed by atoms with E-state index in [-0.39, 0.29) is 16.2 Å². The van der Waals surface area contributed by atoms with E-state index in [2.05, 4.69) is 161 Å². The van der Waals surface area contributed by atoms with Crippen molar-refractivity contribution in [2.75, 3.05) is 0 Å². The van der Waals surface area contributed by atoms with E-state index < -0.39 is 0 Å². The van der Waals surface area contributed by atoms with Crippen molar-refractivity contribution < 1.29 is 4.74 Å². The Balaban J connectivity index is 1.03. The van der Waals surface area contributed by atoms with Gasteiger partial charge in [-0.3, -0.25) is 4.57 Å². The summed E-state index contributed by atoms with van der Waals surface area (Å²) in [6.07, 6.45) is 3.92. The van der Waals surface area contributed by atoms with Gasteiger partial charge in [-0.25, -0.2) is 9.97 Å². The van der Waals surface area contributed by atoms with E-state index in [0.717, 1.165) is 46.5 Å². The zero-order valence-electron chi connectivity index (χ0n) is 32.4. The summed E-state index contributed by atoms with van der Waals surface area (Å²) >= 11 is 0. The average Bonchev–Trinajstić information content (AvgIpc) is 3.79. The van der Waals surface area contributed by atoms with Gasteiger partial charge in [0.1, 0.15) is 11.6 Å². The molecular formula is C51H45N3O. The number of aromatic nitrogens is 3. The molecule has 8 aromatic rings. The highest BCUT2D eigenvalue weighted by atomic mass is 16.5. The fourth-order valence-corrected chi connectivity index (χ4v) is 10.7. The Kier molecular flexibility index (Phi) is 7.32. The van der Waals surface area contributed by atoms with Crippen molar-refractivity contribution in [3.63, 3.8) is 0 Å². The number of nitrogens with zero attached hydrogens (tertiary/aromatic N) is 3. The molecule has 0 bridgehead atoms. The smallest absolute Gasteiger partial charge is 0.219 e. The van der Waals surface area contributed by atoms with Gasteiger partial charge >= 0.3 is 0 Å². The number of hydrogen-bond donors (Lipinski definition) is 0. The Labute approximate surface area is 323 Å². The first-order valence-electron chi connectivity index (χ1n) is 19.5. The van der Waals surface area contributed by atoms with E-state index >= 15 is 0 Å². The van der Waals surface area contributed by atoms with Crippen LogP contribution in [0, 0.1) is 19.3 Å². The predicted molar refractivity (Wildman–Crippen MR) is 226 cm³/mol. The molecule has 0 N–H and O–H groups in total. The number of rotatable bonds is 5. The maximum Gasteiger partial charge on any atom is 0.219 e. The highest BCUT2D eigenvalue weighted by Gasteiger charge is 2.63. The van der Waals surface area contributed by atoms with Crippen LogP contribution in [0.15, 0.2) is 140 Å². The van der Waals surface area contributed by atoms with Crippen LogP contribution in [-0.2, 0) is 23.7 Å². The Morgan fingerprint density at radius 1 is 0.618 bits per heavy atom. The van der Waals surface area contributed by atoms with Gasteiger partial charge in [0.25, 0.3) is 0 Å². The van der Waals surface area contributed by atoms with E-state index in [1.54, 1.807) is 0 Å². The molecule has 270 valence electrons. The molecule has 4 nitrogen and oxygen atoms in total. The number of hydrogen-bond acceptors (Lipinski definition) is 3. The summed E-state index contributed by atoms with van der Waals surface area (Å²) in [5.41, 5.74) is 15.3. The van der Waals surface area contributed by atoms with Crippen molar-refractivity contribution in [3.05, 3.63) is 173 Å². The van der Waals surface area contributed by atoms with Crippen LogP contribution in [0.5, 0.6) is 11.6 Å². The van der Waals surface area contributed by atoms with Crippen molar-refractivity contribution in [2.45, 2.75) is 65.2 Å². The molecule has 0 saturated heterocycles. The zero-order chi connectivity index (χ0) is 37.7. The minimum Gasteiger partial charge on any atom is -0.439 e. The molecule has 2 aliphatic rings. The van der Waals surface area contributed by atoms with Crippen LogP contribution in [0.1, 0.15) is 61.1 Å². The van der Waals surface area contributed by atoms with Gasteiger partial charge in [0, 0.05) is 34.7 Å². The molecule has 0 atom stereocenters. The lowest BCUT2D eigenvalue weighted by molar-refractivity contribution is 0.0889. The average molecular weight is 716 g/mol. The molecular weight excluding hydrogens is 671 g/mol. The lowest BCUT2D eigenvalue weighted by atomic mass is 9.55. The number of fused-ring (bicyclic) bond motifs is 5. The molecule has 0 amide bonds. The van der Waals surface area contributed by atoms with Crippen LogP contribution in [0.4, 0.5) is 0 Å². The molecule has 4 heteroatoms. The Morgan fingerprint density at radius 2 is 1.35 bits per heavy atom.